The van der Waals surface area contributed by atoms with E-state index in [0.29, 0.717) is 17.0 Å². The topological polar surface area (TPSA) is 50.9 Å². The van der Waals surface area contributed by atoms with Crippen molar-refractivity contribution in [2.24, 2.45) is 5.84 Å². The molecule has 0 aliphatic rings. The Morgan fingerprint density at radius 2 is 2.33 bits per heavy atom. The summed E-state index contributed by atoms with van der Waals surface area (Å²) in [5.41, 5.74) is 4.00. The Kier molecular flexibility index (Phi) is 4.29. The molecular weight excluding hydrogens is 273 g/mol. The molecule has 0 bridgehead atoms. The summed E-state index contributed by atoms with van der Waals surface area (Å²) in [6.45, 7) is 1.92. The van der Waals surface area contributed by atoms with E-state index in [2.05, 4.69) is 10.4 Å². The minimum atomic E-state index is -0.286. The summed E-state index contributed by atoms with van der Waals surface area (Å²) in [5.74, 6) is 5.22. The molecule has 3 nitrogen and oxygen atoms in total. The van der Waals surface area contributed by atoms with Crippen molar-refractivity contribution in [3.05, 3.63) is 50.7 Å². The maximum Gasteiger partial charge on any atom is 0.126 e. The average Bonchev–Trinajstić information content (AvgIpc) is 2.77. The summed E-state index contributed by atoms with van der Waals surface area (Å²) in [5, 5.41) is 3.39. The zero-order valence-electron chi connectivity index (χ0n) is 9.78. The van der Waals surface area contributed by atoms with Gasteiger partial charge in [-0.15, -0.1) is 11.3 Å². The molecule has 0 saturated carbocycles. The molecule has 18 heavy (non-hydrogen) atoms. The highest BCUT2D eigenvalue weighted by Gasteiger charge is 2.16. The van der Waals surface area contributed by atoms with Gasteiger partial charge in [0.15, 0.2) is 0 Å². The van der Waals surface area contributed by atoms with Gasteiger partial charge in [0.25, 0.3) is 0 Å². The molecule has 1 atom stereocenters. The largest absolute Gasteiger partial charge is 0.271 e. The van der Waals surface area contributed by atoms with Crippen LogP contribution in [0.15, 0.2) is 23.6 Å². The Labute approximate surface area is 114 Å². The van der Waals surface area contributed by atoms with Crippen LogP contribution in [0.4, 0.5) is 4.39 Å². The molecule has 6 heteroatoms. The summed E-state index contributed by atoms with van der Waals surface area (Å²) in [4.78, 5) is 4.35. The van der Waals surface area contributed by atoms with Gasteiger partial charge in [0.05, 0.1) is 16.7 Å². The Bertz CT molecular complexity index is 544. The normalized spacial score (nSPS) is 12.7. The number of nitrogens with one attached hydrogen (secondary N) is 1. The molecule has 1 heterocycles. The molecule has 3 N–H and O–H groups in total. The van der Waals surface area contributed by atoms with E-state index in [9.17, 15) is 4.39 Å². The van der Waals surface area contributed by atoms with Crippen LogP contribution in [0.5, 0.6) is 0 Å². The van der Waals surface area contributed by atoms with Gasteiger partial charge in [-0.3, -0.25) is 11.3 Å². The van der Waals surface area contributed by atoms with E-state index in [1.807, 2.05) is 12.3 Å². The number of hydrogen-bond acceptors (Lipinski definition) is 4. The van der Waals surface area contributed by atoms with E-state index in [4.69, 9.17) is 17.4 Å². The lowest BCUT2D eigenvalue weighted by Gasteiger charge is -2.14. The van der Waals surface area contributed by atoms with Crippen LogP contribution in [0.2, 0.25) is 5.02 Å². The number of halogens is 2. The van der Waals surface area contributed by atoms with Crippen molar-refractivity contribution < 1.29 is 4.39 Å². The van der Waals surface area contributed by atoms with E-state index in [0.717, 1.165) is 10.7 Å². The van der Waals surface area contributed by atoms with Crippen LogP contribution in [-0.2, 0) is 6.42 Å². The van der Waals surface area contributed by atoms with Crippen molar-refractivity contribution in [1.29, 1.82) is 0 Å². The molecule has 0 saturated heterocycles. The number of hydrazine groups is 1. The van der Waals surface area contributed by atoms with E-state index in [-0.39, 0.29) is 11.9 Å². The monoisotopic (exact) mass is 285 g/mol. The minimum absolute atomic E-state index is 0.220. The van der Waals surface area contributed by atoms with Crippen molar-refractivity contribution >= 4 is 22.9 Å². The molecule has 0 spiro atoms. The van der Waals surface area contributed by atoms with Gasteiger partial charge in [-0.05, 0) is 37.1 Å². The molecule has 0 fully saturated rings. The highest BCUT2D eigenvalue weighted by Crippen LogP contribution is 2.23. The first-order valence-electron chi connectivity index (χ1n) is 5.42. The lowest BCUT2D eigenvalue weighted by molar-refractivity contribution is 0.520. The van der Waals surface area contributed by atoms with Crippen molar-refractivity contribution in [3.63, 3.8) is 0 Å². The summed E-state index contributed by atoms with van der Waals surface area (Å²) in [6, 6.07) is 4.28. The minimum Gasteiger partial charge on any atom is -0.271 e. The molecule has 1 unspecified atom stereocenters. The second-order valence-corrected chi connectivity index (χ2v) is 5.45. The van der Waals surface area contributed by atoms with Gasteiger partial charge in [-0.1, -0.05) is 11.6 Å². The fourth-order valence-corrected chi connectivity index (χ4v) is 2.57. The predicted molar refractivity (Wildman–Crippen MR) is 72.0 cm³/mol. The second kappa shape index (κ2) is 5.75. The highest BCUT2D eigenvalue weighted by atomic mass is 35.5. The molecular formula is C12H13ClFN3S. The third-order valence-electron chi connectivity index (χ3n) is 2.63. The van der Waals surface area contributed by atoms with Crippen LogP contribution in [0.3, 0.4) is 0 Å². The van der Waals surface area contributed by atoms with E-state index in [1.165, 1.54) is 23.5 Å². The fourth-order valence-electron chi connectivity index (χ4n) is 1.71. The van der Waals surface area contributed by atoms with Crippen LogP contribution in [0.1, 0.15) is 22.3 Å². The second-order valence-electron chi connectivity index (χ2n) is 3.95. The van der Waals surface area contributed by atoms with Crippen LogP contribution in [0, 0.1) is 12.7 Å². The van der Waals surface area contributed by atoms with Crippen LogP contribution in [-0.4, -0.2) is 4.98 Å². The smallest absolute Gasteiger partial charge is 0.126 e. The van der Waals surface area contributed by atoms with Crippen molar-refractivity contribution in [2.75, 3.05) is 0 Å². The molecule has 1 aromatic carbocycles. The van der Waals surface area contributed by atoms with Gasteiger partial charge in [0.1, 0.15) is 5.82 Å². The van der Waals surface area contributed by atoms with Gasteiger partial charge in [-0.25, -0.2) is 9.37 Å². The first kappa shape index (κ1) is 13.4. The summed E-state index contributed by atoms with van der Waals surface area (Å²) >= 11 is 7.40. The number of aryl methyl sites for hydroxylation is 1. The zero-order valence-corrected chi connectivity index (χ0v) is 11.4. The number of nitrogens with zero attached hydrogens (tertiary/aromatic N) is 1. The molecule has 2 rings (SSSR count). The van der Waals surface area contributed by atoms with Crippen molar-refractivity contribution in [1.82, 2.24) is 10.4 Å². The van der Waals surface area contributed by atoms with E-state index >= 15 is 0 Å². The summed E-state index contributed by atoms with van der Waals surface area (Å²) in [7, 11) is 0. The Hall–Kier alpha value is -1.01. The summed E-state index contributed by atoms with van der Waals surface area (Å²) in [6.07, 6.45) is 0.409. The first-order valence-corrected chi connectivity index (χ1v) is 6.68. The van der Waals surface area contributed by atoms with Crippen molar-refractivity contribution in [3.8, 4) is 0 Å². The quantitative estimate of drug-likeness (QED) is 0.671. The van der Waals surface area contributed by atoms with E-state index < -0.39 is 0 Å². The number of nitrogens with two attached hydrogens (primary N) is 1. The standard InChI is InChI=1S/C12H13ClFN3S/c1-7-16-12(6-18-7)11(17-15)5-8-4-9(13)2-3-10(8)14/h2-4,6,11,17H,5,15H2,1H3. The number of rotatable bonds is 4. The predicted octanol–water partition coefficient (Wildman–Crippen LogP) is 2.99. The van der Waals surface area contributed by atoms with Gasteiger partial charge in [0.2, 0.25) is 0 Å². The maximum atomic E-state index is 13.6. The highest BCUT2D eigenvalue weighted by molar-refractivity contribution is 7.09. The van der Waals surface area contributed by atoms with Crippen LogP contribution < -0.4 is 11.3 Å². The SMILES string of the molecule is Cc1nc(C(Cc2cc(Cl)ccc2F)NN)cs1. The molecule has 1 aromatic heterocycles. The van der Waals surface area contributed by atoms with Gasteiger partial charge in [-0.2, -0.15) is 0 Å². The van der Waals surface area contributed by atoms with Gasteiger partial charge in [0, 0.05) is 10.4 Å². The third-order valence-corrected chi connectivity index (χ3v) is 3.65. The third kappa shape index (κ3) is 3.05. The summed E-state index contributed by atoms with van der Waals surface area (Å²) < 4.78 is 13.6. The van der Waals surface area contributed by atoms with Gasteiger partial charge < -0.3 is 0 Å². The molecule has 0 radical (unpaired) electrons. The number of thiazole rings is 1. The zero-order chi connectivity index (χ0) is 13.1. The first-order chi connectivity index (χ1) is 8.60. The van der Waals surface area contributed by atoms with Gasteiger partial charge >= 0.3 is 0 Å². The van der Waals surface area contributed by atoms with E-state index in [1.54, 1.807) is 6.07 Å². The maximum absolute atomic E-state index is 13.6. The van der Waals surface area contributed by atoms with Crippen molar-refractivity contribution in [2.45, 2.75) is 19.4 Å². The Balaban J connectivity index is 2.22. The molecule has 2 aromatic rings. The molecule has 96 valence electrons. The average molecular weight is 286 g/mol. The number of hydrogen-bond donors (Lipinski definition) is 2. The Morgan fingerprint density at radius 1 is 1.56 bits per heavy atom. The Morgan fingerprint density at radius 3 is 2.94 bits per heavy atom. The lowest BCUT2D eigenvalue weighted by Crippen LogP contribution is -2.30. The number of benzene rings is 1. The number of aromatic nitrogens is 1. The van der Waals surface area contributed by atoms with Crippen LogP contribution in [0.25, 0.3) is 0 Å². The fraction of sp³-hybridized carbons (Fsp3) is 0.250. The molecule has 0 aliphatic heterocycles. The molecule has 0 amide bonds. The van der Waals surface area contributed by atoms with Crippen LogP contribution >= 0.6 is 22.9 Å². The molecule has 0 aliphatic carbocycles. The lowest BCUT2D eigenvalue weighted by atomic mass is 10.0.